The van der Waals surface area contributed by atoms with Gasteiger partial charge in [0.2, 0.25) is 0 Å². The summed E-state index contributed by atoms with van der Waals surface area (Å²) in [5.41, 5.74) is 3.91. The zero-order chi connectivity index (χ0) is 19.4. The van der Waals surface area contributed by atoms with Crippen molar-refractivity contribution < 1.29 is 14.6 Å². The fourth-order valence-corrected chi connectivity index (χ4v) is 3.75. The highest BCUT2D eigenvalue weighted by molar-refractivity contribution is 5.76. The average molecular weight is 369 g/mol. The van der Waals surface area contributed by atoms with Gasteiger partial charge in [-0.05, 0) is 55.7 Å². The van der Waals surface area contributed by atoms with E-state index in [0.717, 1.165) is 54.3 Å². The summed E-state index contributed by atoms with van der Waals surface area (Å²) in [5, 5.41) is 9.95. The highest BCUT2D eigenvalue weighted by Crippen LogP contribution is 2.29. The molecule has 0 aliphatic carbocycles. The Kier molecular flexibility index (Phi) is 5.96. The van der Waals surface area contributed by atoms with E-state index in [2.05, 4.69) is 20.9 Å². The van der Waals surface area contributed by atoms with Crippen molar-refractivity contribution in [3.8, 4) is 5.75 Å². The molecule has 0 radical (unpaired) electrons. The first kappa shape index (κ1) is 19.2. The molecule has 6 heteroatoms. The van der Waals surface area contributed by atoms with Gasteiger partial charge in [-0.25, -0.2) is 0 Å². The van der Waals surface area contributed by atoms with Gasteiger partial charge in [0.1, 0.15) is 11.8 Å². The van der Waals surface area contributed by atoms with Crippen LogP contribution < -0.4 is 9.64 Å². The first-order valence-electron chi connectivity index (χ1n) is 9.28. The van der Waals surface area contributed by atoms with E-state index in [1.807, 2.05) is 44.3 Å². The maximum absolute atomic E-state index is 12.1. The van der Waals surface area contributed by atoms with Crippen LogP contribution in [-0.4, -0.2) is 54.2 Å². The standard InChI is InChI=1S/C21H27N3O3/c1-15-13-18(27-3)5-6-19(15)20(21(25)26)24-10-4-9-23(11-12-24)17-7-8-22-16(2)14-17/h5-8,13-14,20H,4,9-12H2,1-3H3,(H,25,26)/t20-/m1/s1. The molecule has 0 unspecified atom stereocenters. The van der Waals surface area contributed by atoms with Crippen LogP contribution in [0.1, 0.15) is 29.3 Å². The number of nitrogens with zero attached hydrogens (tertiary/aromatic N) is 3. The van der Waals surface area contributed by atoms with Crippen LogP contribution in [0.2, 0.25) is 0 Å². The number of benzene rings is 1. The van der Waals surface area contributed by atoms with Gasteiger partial charge in [0.25, 0.3) is 0 Å². The molecule has 2 heterocycles. The van der Waals surface area contributed by atoms with E-state index in [-0.39, 0.29) is 0 Å². The molecule has 144 valence electrons. The number of aliphatic carboxylic acids is 1. The quantitative estimate of drug-likeness (QED) is 0.874. The number of rotatable bonds is 5. The number of aromatic nitrogens is 1. The third kappa shape index (κ3) is 4.39. The number of ether oxygens (including phenoxy) is 1. The van der Waals surface area contributed by atoms with Gasteiger partial charge in [-0.1, -0.05) is 6.07 Å². The monoisotopic (exact) mass is 369 g/mol. The molecule has 1 atom stereocenters. The van der Waals surface area contributed by atoms with Crippen LogP contribution in [0.5, 0.6) is 5.75 Å². The van der Waals surface area contributed by atoms with E-state index >= 15 is 0 Å². The van der Waals surface area contributed by atoms with E-state index < -0.39 is 12.0 Å². The molecule has 1 aromatic heterocycles. The van der Waals surface area contributed by atoms with Crippen LogP contribution in [0.4, 0.5) is 5.69 Å². The molecule has 1 N–H and O–H groups in total. The van der Waals surface area contributed by atoms with Gasteiger partial charge in [0.15, 0.2) is 0 Å². The summed E-state index contributed by atoms with van der Waals surface area (Å²) in [7, 11) is 1.62. The molecule has 0 amide bonds. The molecule has 27 heavy (non-hydrogen) atoms. The minimum Gasteiger partial charge on any atom is -0.497 e. The lowest BCUT2D eigenvalue weighted by molar-refractivity contribution is -0.143. The van der Waals surface area contributed by atoms with E-state index in [0.29, 0.717) is 6.54 Å². The van der Waals surface area contributed by atoms with Gasteiger partial charge in [-0.3, -0.25) is 14.7 Å². The van der Waals surface area contributed by atoms with Gasteiger partial charge < -0.3 is 14.7 Å². The highest BCUT2D eigenvalue weighted by Gasteiger charge is 2.30. The van der Waals surface area contributed by atoms with Crippen molar-refractivity contribution >= 4 is 11.7 Å². The lowest BCUT2D eigenvalue weighted by Gasteiger charge is -2.29. The lowest BCUT2D eigenvalue weighted by Crippen LogP contribution is -2.37. The molecule has 2 aromatic rings. The number of hydrogen-bond donors (Lipinski definition) is 1. The third-order valence-electron chi connectivity index (χ3n) is 5.15. The smallest absolute Gasteiger partial charge is 0.325 e. The second-order valence-electron chi connectivity index (χ2n) is 7.00. The fraction of sp³-hybridized carbons (Fsp3) is 0.429. The Morgan fingerprint density at radius 1 is 1.15 bits per heavy atom. The van der Waals surface area contributed by atoms with Crippen molar-refractivity contribution in [2.75, 3.05) is 38.2 Å². The zero-order valence-electron chi connectivity index (χ0n) is 16.2. The molecule has 0 bridgehead atoms. The molecular formula is C21H27N3O3. The summed E-state index contributed by atoms with van der Waals surface area (Å²) >= 11 is 0. The summed E-state index contributed by atoms with van der Waals surface area (Å²) in [5.74, 6) is -0.0630. The Morgan fingerprint density at radius 2 is 1.96 bits per heavy atom. The Balaban J connectivity index is 1.80. The first-order valence-corrected chi connectivity index (χ1v) is 9.28. The van der Waals surface area contributed by atoms with Crippen molar-refractivity contribution in [1.82, 2.24) is 9.88 Å². The molecule has 1 fully saturated rings. The number of carboxylic acids is 1. The van der Waals surface area contributed by atoms with Gasteiger partial charge in [0, 0.05) is 43.8 Å². The number of pyridine rings is 1. The van der Waals surface area contributed by atoms with Gasteiger partial charge >= 0.3 is 5.97 Å². The third-order valence-corrected chi connectivity index (χ3v) is 5.15. The summed E-state index contributed by atoms with van der Waals surface area (Å²) in [4.78, 5) is 20.8. The minimum atomic E-state index is -0.809. The molecule has 0 spiro atoms. The predicted molar refractivity (Wildman–Crippen MR) is 105 cm³/mol. The number of anilines is 1. The summed E-state index contributed by atoms with van der Waals surface area (Å²) in [6.45, 7) is 7.08. The van der Waals surface area contributed by atoms with Crippen LogP contribution in [0.15, 0.2) is 36.5 Å². The number of methoxy groups -OCH3 is 1. The Labute approximate surface area is 160 Å². The van der Waals surface area contributed by atoms with Crippen molar-refractivity contribution in [3.05, 3.63) is 53.3 Å². The lowest BCUT2D eigenvalue weighted by atomic mass is 9.99. The van der Waals surface area contributed by atoms with E-state index in [4.69, 9.17) is 4.74 Å². The molecule has 1 aliphatic heterocycles. The average Bonchev–Trinajstić information content (AvgIpc) is 2.89. The number of carbonyl (C=O) groups is 1. The molecule has 6 nitrogen and oxygen atoms in total. The van der Waals surface area contributed by atoms with Crippen LogP contribution in [0.3, 0.4) is 0 Å². The van der Waals surface area contributed by atoms with Crippen molar-refractivity contribution in [2.24, 2.45) is 0 Å². The largest absolute Gasteiger partial charge is 0.497 e. The topological polar surface area (TPSA) is 65.9 Å². The molecule has 1 aromatic carbocycles. The second kappa shape index (κ2) is 8.39. The van der Waals surface area contributed by atoms with Gasteiger partial charge in [-0.2, -0.15) is 0 Å². The molecule has 1 saturated heterocycles. The zero-order valence-corrected chi connectivity index (χ0v) is 16.2. The van der Waals surface area contributed by atoms with Gasteiger partial charge in [-0.15, -0.1) is 0 Å². The Bertz CT molecular complexity index is 809. The maximum atomic E-state index is 12.1. The summed E-state index contributed by atoms with van der Waals surface area (Å²) in [6, 6.07) is 9.07. The second-order valence-corrected chi connectivity index (χ2v) is 7.00. The van der Waals surface area contributed by atoms with Crippen molar-refractivity contribution in [3.63, 3.8) is 0 Å². The molecular weight excluding hydrogens is 342 g/mol. The first-order chi connectivity index (χ1) is 13.0. The summed E-state index contributed by atoms with van der Waals surface area (Å²) < 4.78 is 5.26. The predicted octanol–water partition coefficient (Wildman–Crippen LogP) is 3.05. The maximum Gasteiger partial charge on any atom is 0.325 e. The van der Waals surface area contributed by atoms with E-state index in [9.17, 15) is 9.90 Å². The van der Waals surface area contributed by atoms with Crippen LogP contribution in [0.25, 0.3) is 0 Å². The van der Waals surface area contributed by atoms with Crippen molar-refractivity contribution in [1.29, 1.82) is 0 Å². The molecule has 1 aliphatic rings. The van der Waals surface area contributed by atoms with E-state index in [1.54, 1.807) is 7.11 Å². The Morgan fingerprint density at radius 3 is 2.63 bits per heavy atom. The molecule has 0 saturated carbocycles. The Hall–Kier alpha value is -2.60. The number of aryl methyl sites for hydroxylation is 2. The summed E-state index contributed by atoms with van der Waals surface area (Å²) in [6.07, 6.45) is 2.74. The normalized spacial score (nSPS) is 16.6. The number of carboxylic acid groups (broad SMARTS) is 1. The number of hydrogen-bond acceptors (Lipinski definition) is 5. The molecule has 3 rings (SSSR count). The minimum absolute atomic E-state index is 0.643. The van der Waals surface area contributed by atoms with Crippen LogP contribution >= 0.6 is 0 Å². The highest BCUT2D eigenvalue weighted by atomic mass is 16.5. The van der Waals surface area contributed by atoms with Crippen LogP contribution in [-0.2, 0) is 4.79 Å². The van der Waals surface area contributed by atoms with Gasteiger partial charge in [0.05, 0.1) is 7.11 Å². The fourth-order valence-electron chi connectivity index (χ4n) is 3.75. The van der Waals surface area contributed by atoms with E-state index in [1.165, 1.54) is 0 Å². The van der Waals surface area contributed by atoms with Crippen LogP contribution in [0, 0.1) is 13.8 Å². The van der Waals surface area contributed by atoms with Crippen molar-refractivity contribution in [2.45, 2.75) is 26.3 Å². The SMILES string of the molecule is COc1ccc([C@H](C(=O)O)N2CCCN(c3ccnc(C)c3)CC2)c(C)c1.